The smallest absolute Gasteiger partial charge is 0.191 e. The van der Waals surface area contributed by atoms with Crippen LogP contribution in [0.4, 0.5) is 4.39 Å². The van der Waals surface area contributed by atoms with Crippen LogP contribution in [-0.2, 0) is 5.41 Å². The van der Waals surface area contributed by atoms with E-state index >= 15 is 0 Å². The number of nitrogens with one attached hydrogen (secondary N) is 2. The topological polar surface area (TPSA) is 36.4 Å². The summed E-state index contributed by atoms with van der Waals surface area (Å²) >= 11 is 0. The number of aliphatic imine (C=N–C) groups is 1. The second-order valence-corrected chi connectivity index (χ2v) is 5.52. The fourth-order valence-corrected chi connectivity index (χ4v) is 2.26. The van der Waals surface area contributed by atoms with Gasteiger partial charge in [0.25, 0.3) is 0 Å². The monoisotopic (exact) mass is 263 g/mol. The first-order valence-electron chi connectivity index (χ1n) is 6.79. The molecule has 0 radical (unpaired) electrons. The van der Waals surface area contributed by atoms with Crippen molar-refractivity contribution in [1.82, 2.24) is 10.6 Å². The van der Waals surface area contributed by atoms with Crippen molar-refractivity contribution in [3.05, 3.63) is 35.6 Å². The molecular formula is C15H22FN3. The zero-order valence-electron chi connectivity index (χ0n) is 11.8. The summed E-state index contributed by atoms with van der Waals surface area (Å²) in [4.78, 5) is 4.19. The van der Waals surface area contributed by atoms with Gasteiger partial charge >= 0.3 is 0 Å². The van der Waals surface area contributed by atoms with Crippen LogP contribution in [0.3, 0.4) is 0 Å². The second-order valence-electron chi connectivity index (χ2n) is 5.52. The number of guanidine groups is 1. The molecule has 0 aromatic heterocycles. The van der Waals surface area contributed by atoms with Crippen molar-refractivity contribution in [2.24, 2.45) is 4.99 Å². The number of nitrogens with zero attached hydrogens (tertiary/aromatic N) is 1. The lowest BCUT2D eigenvalue weighted by Gasteiger charge is -2.20. The molecule has 0 bridgehead atoms. The van der Waals surface area contributed by atoms with Crippen LogP contribution in [0.15, 0.2) is 29.3 Å². The summed E-state index contributed by atoms with van der Waals surface area (Å²) in [5.74, 6) is 0.645. The Morgan fingerprint density at radius 3 is 2.68 bits per heavy atom. The molecule has 0 saturated heterocycles. The van der Waals surface area contributed by atoms with Crippen LogP contribution in [0.25, 0.3) is 0 Å². The molecule has 0 unspecified atom stereocenters. The van der Waals surface area contributed by atoms with E-state index in [1.54, 1.807) is 19.2 Å². The van der Waals surface area contributed by atoms with Gasteiger partial charge in [-0.2, -0.15) is 0 Å². The Bertz CT molecular complexity index is 464. The van der Waals surface area contributed by atoms with E-state index in [0.29, 0.717) is 6.04 Å². The van der Waals surface area contributed by atoms with Crippen LogP contribution >= 0.6 is 0 Å². The Morgan fingerprint density at radius 1 is 1.42 bits per heavy atom. The molecule has 104 valence electrons. The van der Waals surface area contributed by atoms with Gasteiger partial charge in [-0.15, -0.1) is 0 Å². The maximum atomic E-state index is 13.3. The molecule has 1 aliphatic rings. The van der Waals surface area contributed by atoms with Gasteiger partial charge in [0, 0.05) is 25.0 Å². The van der Waals surface area contributed by atoms with Crippen LogP contribution in [0, 0.1) is 5.82 Å². The van der Waals surface area contributed by atoms with E-state index in [4.69, 9.17) is 0 Å². The Hall–Kier alpha value is -1.58. The summed E-state index contributed by atoms with van der Waals surface area (Å²) in [6, 6.07) is 7.28. The fourth-order valence-electron chi connectivity index (χ4n) is 2.26. The third kappa shape index (κ3) is 3.46. The lowest BCUT2D eigenvalue weighted by atomic mass is 9.96. The molecule has 3 nitrogen and oxygen atoms in total. The van der Waals surface area contributed by atoms with E-state index in [1.807, 2.05) is 6.07 Å². The second kappa shape index (κ2) is 5.59. The molecule has 2 N–H and O–H groups in total. The number of hydrogen-bond donors (Lipinski definition) is 2. The van der Waals surface area contributed by atoms with E-state index in [2.05, 4.69) is 29.5 Å². The summed E-state index contributed by atoms with van der Waals surface area (Å²) in [7, 11) is 1.76. The van der Waals surface area contributed by atoms with Crippen LogP contribution < -0.4 is 10.6 Å². The Balaban J connectivity index is 1.99. The summed E-state index contributed by atoms with van der Waals surface area (Å²) in [6.45, 7) is 4.95. The van der Waals surface area contributed by atoms with Gasteiger partial charge < -0.3 is 10.6 Å². The van der Waals surface area contributed by atoms with Crippen molar-refractivity contribution in [1.29, 1.82) is 0 Å². The molecule has 1 aromatic carbocycles. The fraction of sp³-hybridized carbons (Fsp3) is 0.533. The van der Waals surface area contributed by atoms with Gasteiger partial charge in [-0.05, 0) is 44.4 Å². The number of benzene rings is 1. The van der Waals surface area contributed by atoms with Gasteiger partial charge in [-0.3, -0.25) is 4.99 Å². The van der Waals surface area contributed by atoms with Gasteiger partial charge in [-0.1, -0.05) is 12.1 Å². The minimum absolute atomic E-state index is 0.0801. The van der Waals surface area contributed by atoms with Crippen LogP contribution in [0.2, 0.25) is 0 Å². The van der Waals surface area contributed by atoms with Gasteiger partial charge in [0.1, 0.15) is 5.82 Å². The van der Waals surface area contributed by atoms with E-state index in [1.165, 1.54) is 6.07 Å². The molecule has 4 heteroatoms. The molecule has 1 fully saturated rings. The van der Waals surface area contributed by atoms with Crippen LogP contribution in [-0.4, -0.2) is 25.6 Å². The van der Waals surface area contributed by atoms with Gasteiger partial charge in [0.2, 0.25) is 0 Å². The molecular weight excluding hydrogens is 241 g/mol. The average molecular weight is 263 g/mol. The molecule has 0 spiro atoms. The molecule has 2 rings (SSSR count). The summed E-state index contributed by atoms with van der Waals surface area (Å²) in [5, 5.41) is 6.60. The molecule has 19 heavy (non-hydrogen) atoms. The van der Waals surface area contributed by atoms with E-state index in [9.17, 15) is 4.39 Å². The molecule has 0 atom stereocenters. The minimum atomic E-state index is -0.159. The molecule has 1 aliphatic carbocycles. The number of rotatable bonds is 4. The van der Waals surface area contributed by atoms with Crippen LogP contribution in [0.1, 0.15) is 32.3 Å². The molecule has 0 heterocycles. The highest BCUT2D eigenvalue weighted by Gasteiger charge is 2.44. The van der Waals surface area contributed by atoms with Crippen molar-refractivity contribution < 1.29 is 4.39 Å². The number of halogens is 1. The quantitative estimate of drug-likeness (QED) is 0.646. The highest BCUT2D eigenvalue weighted by Crippen LogP contribution is 2.47. The largest absolute Gasteiger partial charge is 0.356 e. The van der Waals surface area contributed by atoms with Crippen molar-refractivity contribution in [2.45, 2.75) is 38.1 Å². The zero-order chi connectivity index (χ0) is 13.9. The Morgan fingerprint density at radius 2 is 2.16 bits per heavy atom. The summed E-state index contributed by atoms with van der Waals surface area (Å²) < 4.78 is 13.3. The van der Waals surface area contributed by atoms with Crippen molar-refractivity contribution in [2.75, 3.05) is 13.6 Å². The zero-order valence-corrected chi connectivity index (χ0v) is 11.8. The molecule has 1 aromatic rings. The van der Waals surface area contributed by atoms with E-state index in [-0.39, 0.29) is 11.2 Å². The van der Waals surface area contributed by atoms with E-state index in [0.717, 1.165) is 30.9 Å². The molecule has 1 saturated carbocycles. The van der Waals surface area contributed by atoms with Gasteiger partial charge in [-0.25, -0.2) is 4.39 Å². The predicted octanol–water partition coefficient (Wildman–Crippen LogP) is 2.43. The summed E-state index contributed by atoms with van der Waals surface area (Å²) in [6.07, 6.45) is 2.20. The first-order valence-corrected chi connectivity index (χ1v) is 6.79. The van der Waals surface area contributed by atoms with E-state index < -0.39 is 0 Å². The minimum Gasteiger partial charge on any atom is -0.356 e. The first kappa shape index (κ1) is 13.8. The predicted molar refractivity (Wildman–Crippen MR) is 76.9 cm³/mol. The SMILES string of the molecule is CN=C(NCC1(c2cccc(F)c2)CC1)NC(C)C. The highest BCUT2D eigenvalue weighted by atomic mass is 19.1. The lowest BCUT2D eigenvalue weighted by molar-refractivity contribution is 0.603. The first-order chi connectivity index (χ1) is 9.05. The normalized spacial score (nSPS) is 17.4. The highest BCUT2D eigenvalue weighted by molar-refractivity contribution is 5.80. The third-order valence-electron chi connectivity index (χ3n) is 3.53. The Kier molecular flexibility index (Phi) is 4.08. The number of hydrogen-bond acceptors (Lipinski definition) is 1. The molecule has 0 aliphatic heterocycles. The molecule has 0 amide bonds. The van der Waals surface area contributed by atoms with Gasteiger partial charge in [0.15, 0.2) is 5.96 Å². The van der Waals surface area contributed by atoms with Crippen molar-refractivity contribution in [3.8, 4) is 0 Å². The lowest BCUT2D eigenvalue weighted by Crippen LogP contribution is -2.43. The maximum Gasteiger partial charge on any atom is 0.191 e. The van der Waals surface area contributed by atoms with Crippen LogP contribution in [0.5, 0.6) is 0 Å². The third-order valence-corrected chi connectivity index (χ3v) is 3.53. The standard InChI is InChI=1S/C15H22FN3/c1-11(2)19-14(17-3)18-10-15(7-8-15)12-5-4-6-13(16)9-12/h4-6,9,11H,7-8,10H2,1-3H3,(H2,17,18,19). The summed E-state index contributed by atoms with van der Waals surface area (Å²) in [5.41, 5.74) is 1.16. The average Bonchev–Trinajstić information content (AvgIpc) is 3.15. The van der Waals surface area contributed by atoms with Crippen molar-refractivity contribution >= 4 is 5.96 Å². The maximum absolute atomic E-state index is 13.3. The van der Waals surface area contributed by atoms with Crippen molar-refractivity contribution in [3.63, 3.8) is 0 Å². The Labute approximate surface area is 114 Å². The van der Waals surface area contributed by atoms with Gasteiger partial charge in [0.05, 0.1) is 0 Å².